The number of aryl methyl sites for hydroxylation is 2. The van der Waals surface area contributed by atoms with Crippen LogP contribution in [0.1, 0.15) is 56.6 Å². The largest absolute Gasteiger partial charge is 0.490 e. The first-order chi connectivity index (χ1) is 14.2. The highest BCUT2D eigenvalue weighted by molar-refractivity contribution is 5.73. The van der Waals surface area contributed by atoms with E-state index >= 15 is 0 Å². The molecule has 168 valence electrons. The van der Waals surface area contributed by atoms with Gasteiger partial charge in [0.2, 0.25) is 5.91 Å². The third kappa shape index (κ3) is 6.19. The molecule has 2 fully saturated rings. The molecule has 1 aromatic carbocycles. The molecular formula is C24H38N2O4. The molecular weight excluding hydrogens is 380 g/mol. The molecule has 6 heteroatoms. The smallest absolute Gasteiger partial charge is 0.219 e. The quantitative estimate of drug-likeness (QED) is 0.720. The molecule has 1 heterocycles. The molecule has 1 aliphatic heterocycles. The van der Waals surface area contributed by atoms with E-state index in [2.05, 4.69) is 11.8 Å². The van der Waals surface area contributed by atoms with Gasteiger partial charge in [-0.2, -0.15) is 0 Å². The maximum absolute atomic E-state index is 12.1. The van der Waals surface area contributed by atoms with E-state index in [9.17, 15) is 15.0 Å². The minimum absolute atomic E-state index is 0.0466. The number of nitrogens with zero attached hydrogens (tertiary/aromatic N) is 2. The van der Waals surface area contributed by atoms with Gasteiger partial charge in [0.25, 0.3) is 0 Å². The molecule has 0 unspecified atom stereocenters. The number of hydrogen-bond acceptors (Lipinski definition) is 5. The van der Waals surface area contributed by atoms with Crippen LogP contribution in [0.4, 0.5) is 0 Å². The van der Waals surface area contributed by atoms with Crippen LogP contribution in [0.2, 0.25) is 0 Å². The standard InChI is InChI=1S/C24H38N2O4/c1-19-8-9-22(14-20(19)2)30-18-24(29)16-25(12-13-26(17-24)21(3)27)15-23(28)10-6-4-5-7-11-23/h8-9,14,28-29H,4-7,10-13,15-18H2,1-3H3/t24-/m0/s1. The maximum Gasteiger partial charge on any atom is 0.219 e. The highest BCUT2D eigenvalue weighted by Gasteiger charge is 2.39. The lowest BCUT2D eigenvalue weighted by Crippen LogP contribution is -2.54. The van der Waals surface area contributed by atoms with Gasteiger partial charge in [-0.05, 0) is 49.9 Å². The average Bonchev–Trinajstić information content (AvgIpc) is 2.99. The number of benzene rings is 1. The van der Waals surface area contributed by atoms with Gasteiger partial charge in [0.05, 0.1) is 12.1 Å². The van der Waals surface area contributed by atoms with Crippen molar-refractivity contribution < 1.29 is 19.7 Å². The second-order valence-corrected chi connectivity index (χ2v) is 9.55. The zero-order valence-corrected chi connectivity index (χ0v) is 18.8. The molecule has 0 aromatic heterocycles. The van der Waals surface area contributed by atoms with E-state index in [1.165, 1.54) is 18.4 Å². The summed E-state index contributed by atoms with van der Waals surface area (Å²) in [7, 11) is 0. The lowest BCUT2D eigenvalue weighted by atomic mass is 9.93. The Balaban J connectivity index is 1.72. The van der Waals surface area contributed by atoms with Crippen molar-refractivity contribution in [2.45, 2.75) is 70.5 Å². The predicted octanol–water partition coefficient (Wildman–Crippen LogP) is 2.66. The van der Waals surface area contributed by atoms with Gasteiger partial charge in [0.1, 0.15) is 18.0 Å². The first-order valence-electron chi connectivity index (χ1n) is 11.3. The minimum atomic E-state index is -1.19. The van der Waals surface area contributed by atoms with Crippen LogP contribution in [-0.2, 0) is 4.79 Å². The van der Waals surface area contributed by atoms with Crippen LogP contribution < -0.4 is 4.74 Å². The van der Waals surface area contributed by atoms with Gasteiger partial charge in [-0.1, -0.05) is 31.7 Å². The van der Waals surface area contributed by atoms with Crippen molar-refractivity contribution in [3.8, 4) is 5.75 Å². The fourth-order valence-corrected chi connectivity index (χ4v) is 4.72. The number of amides is 1. The zero-order chi connectivity index (χ0) is 21.8. The molecule has 0 spiro atoms. The van der Waals surface area contributed by atoms with Crippen LogP contribution in [0.3, 0.4) is 0 Å². The van der Waals surface area contributed by atoms with Crippen molar-refractivity contribution in [1.82, 2.24) is 9.80 Å². The lowest BCUT2D eigenvalue weighted by Gasteiger charge is -2.36. The summed E-state index contributed by atoms with van der Waals surface area (Å²) in [4.78, 5) is 15.9. The Labute approximate surface area is 180 Å². The van der Waals surface area contributed by atoms with Crippen LogP contribution >= 0.6 is 0 Å². The van der Waals surface area contributed by atoms with Crippen LogP contribution in [0.15, 0.2) is 18.2 Å². The molecule has 6 nitrogen and oxygen atoms in total. The Bertz CT molecular complexity index is 730. The maximum atomic E-state index is 12.1. The van der Waals surface area contributed by atoms with E-state index in [1.807, 2.05) is 25.1 Å². The Morgan fingerprint density at radius 1 is 1.00 bits per heavy atom. The minimum Gasteiger partial charge on any atom is -0.490 e. The van der Waals surface area contributed by atoms with Crippen molar-refractivity contribution in [3.05, 3.63) is 29.3 Å². The van der Waals surface area contributed by atoms with Gasteiger partial charge in [0, 0.05) is 33.1 Å². The van der Waals surface area contributed by atoms with Crippen LogP contribution in [0, 0.1) is 13.8 Å². The van der Waals surface area contributed by atoms with Crippen LogP contribution in [0.5, 0.6) is 5.75 Å². The zero-order valence-electron chi connectivity index (χ0n) is 18.8. The van der Waals surface area contributed by atoms with Crippen molar-refractivity contribution >= 4 is 5.91 Å². The summed E-state index contributed by atoms with van der Waals surface area (Å²) in [5, 5.41) is 22.6. The lowest BCUT2D eigenvalue weighted by molar-refractivity contribution is -0.132. The fraction of sp³-hybridized carbons (Fsp3) is 0.708. The fourth-order valence-electron chi connectivity index (χ4n) is 4.72. The molecule has 1 saturated carbocycles. The van der Waals surface area contributed by atoms with E-state index in [1.54, 1.807) is 11.8 Å². The second kappa shape index (κ2) is 9.67. The van der Waals surface area contributed by atoms with Crippen molar-refractivity contribution in [3.63, 3.8) is 0 Å². The highest BCUT2D eigenvalue weighted by Crippen LogP contribution is 2.29. The Morgan fingerprint density at radius 3 is 2.33 bits per heavy atom. The van der Waals surface area contributed by atoms with E-state index < -0.39 is 11.2 Å². The third-order valence-electron chi connectivity index (χ3n) is 6.67. The molecule has 1 saturated heterocycles. The van der Waals surface area contributed by atoms with E-state index in [4.69, 9.17) is 4.74 Å². The number of rotatable bonds is 5. The molecule has 1 aliphatic carbocycles. The number of β-amino-alcohol motifs (C(OH)–C–C–N with tert-alkyl or cyclic N) is 2. The molecule has 3 rings (SSSR count). The molecule has 30 heavy (non-hydrogen) atoms. The normalized spacial score (nSPS) is 25.4. The summed E-state index contributed by atoms with van der Waals surface area (Å²) in [6.45, 7) is 8.09. The summed E-state index contributed by atoms with van der Waals surface area (Å²) in [6.07, 6.45) is 6.05. The Kier molecular flexibility index (Phi) is 7.43. The number of carbonyl (C=O) groups is 1. The molecule has 1 amide bonds. The first kappa shape index (κ1) is 23.0. The van der Waals surface area contributed by atoms with Gasteiger partial charge >= 0.3 is 0 Å². The average molecular weight is 419 g/mol. The van der Waals surface area contributed by atoms with Crippen LogP contribution in [0.25, 0.3) is 0 Å². The summed E-state index contributed by atoms with van der Waals surface area (Å²) >= 11 is 0. The van der Waals surface area contributed by atoms with Gasteiger partial charge < -0.3 is 19.8 Å². The first-order valence-corrected chi connectivity index (χ1v) is 11.3. The summed E-state index contributed by atoms with van der Waals surface area (Å²) < 4.78 is 5.97. The van der Waals surface area contributed by atoms with Gasteiger partial charge in [-0.25, -0.2) is 0 Å². The van der Waals surface area contributed by atoms with E-state index in [0.717, 1.165) is 37.0 Å². The van der Waals surface area contributed by atoms with Crippen molar-refractivity contribution in [2.24, 2.45) is 0 Å². The number of carbonyl (C=O) groups excluding carboxylic acids is 1. The SMILES string of the molecule is CC(=O)N1CCN(CC2(O)CCCCCC2)C[C@@](O)(COc2ccc(C)c(C)c2)C1. The predicted molar refractivity (Wildman–Crippen MR) is 118 cm³/mol. The summed E-state index contributed by atoms with van der Waals surface area (Å²) in [5.74, 6) is 0.675. The second-order valence-electron chi connectivity index (χ2n) is 9.55. The number of ether oxygens (including phenoxy) is 1. The molecule has 2 N–H and O–H groups in total. The third-order valence-corrected chi connectivity index (χ3v) is 6.67. The van der Waals surface area contributed by atoms with Crippen LogP contribution in [-0.4, -0.2) is 76.5 Å². The molecule has 1 aromatic rings. The molecule has 2 aliphatic rings. The topological polar surface area (TPSA) is 73.2 Å². The highest BCUT2D eigenvalue weighted by atomic mass is 16.5. The number of aliphatic hydroxyl groups is 2. The monoisotopic (exact) mass is 418 g/mol. The van der Waals surface area contributed by atoms with Crippen molar-refractivity contribution in [2.75, 3.05) is 39.3 Å². The summed E-state index contributed by atoms with van der Waals surface area (Å²) in [5.41, 5.74) is 0.434. The molecule has 0 bridgehead atoms. The van der Waals surface area contributed by atoms with E-state index in [-0.39, 0.29) is 19.1 Å². The Morgan fingerprint density at radius 2 is 1.70 bits per heavy atom. The Hall–Kier alpha value is -1.63. The van der Waals surface area contributed by atoms with Gasteiger partial charge in [-0.15, -0.1) is 0 Å². The molecule has 0 radical (unpaired) electrons. The number of hydrogen-bond donors (Lipinski definition) is 2. The van der Waals surface area contributed by atoms with Gasteiger partial charge in [-0.3, -0.25) is 9.69 Å². The summed E-state index contributed by atoms with van der Waals surface area (Å²) in [6, 6.07) is 5.90. The van der Waals surface area contributed by atoms with E-state index in [0.29, 0.717) is 26.2 Å². The van der Waals surface area contributed by atoms with Gasteiger partial charge in [0.15, 0.2) is 0 Å². The van der Waals surface area contributed by atoms with Crippen molar-refractivity contribution in [1.29, 1.82) is 0 Å². The molecule has 1 atom stereocenters.